The number of piperazine rings is 1. The molecular weight excluding hydrogens is 510 g/mol. The number of hydrogen-bond donors (Lipinski definition) is 2. The van der Waals surface area contributed by atoms with E-state index in [9.17, 15) is 0 Å². The van der Waals surface area contributed by atoms with Gasteiger partial charge in [-0.05, 0) is 99.7 Å². The summed E-state index contributed by atoms with van der Waals surface area (Å²) in [6.45, 7) is 4.16. The minimum absolute atomic E-state index is 0.0138. The highest BCUT2D eigenvalue weighted by atomic mass is 19.1. The van der Waals surface area contributed by atoms with Crippen LogP contribution in [0.1, 0.15) is 62.8 Å². The van der Waals surface area contributed by atoms with Gasteiger partial charge in [-0.1, -0.05) is 6.07 Å². The van der Waals surface area contributed by atoms with Crippen molar-refractivity contribution in [1.82, 2.24) is 20.2 Å². The first-order valence-corrected chi connectivity index (χ1v) is 15.0. The second kappa shape index (κ2) is 9.24. The summed E-state index contributed by atoms with van der Waals surface area (Å²) in [5, 5.41) is 4.03. The summed E-state index contributed by atoms with van der Waals surface area (Å²) in [6, 6.07) is 7.71. The molecule has 2 aromatic carbocycles. The average molecular weight is 547 g/mol. The van der Waals surface area contributed by atoms with E-state index in [1.54, 1.807) is 6.07 Å². The van der Waals surface area contributed by atoms with Crippen LogP contribution < -0.4 is 20.7 Å². The van der Waals surface area contributed by atoms with Gasteiger partial charge in [0.05, 0.1) is 11.1 Å². The fraction of sp³-hybridized carbons (Fsp3) is 0.548. The van der Waals surface area contributed by atoms with Crippen molar-refractivity contribution < 1.29 is 13.5 Å². The summed E-state index contributed by atoms with van der Waals surface area (Å²) in [4.78, 5) is 14.2. The summed E-state index contributed by atoms with van der Waals surface area (Å²) in [7, 11) is 0. The lowest BCUT2D eigenvalue weighted by Crippen LogP contribution is -2.51. The number of fused-ring (bicyclic) bond motifs is 4. The number of nitrogens with one attached hydrogen (secondary N) is 1. The van der Waals surface area contributed by atoms with Crippen molar-refractivity contribution >= 4 is 22.4 Å². The highest BCUT2D eigenvalue weighted by Gasteiger charge is 2.45. The highest BCUT2D eigenvalue weighted by Crippen LogP contribution is 2.47. The van der Waals surface area contributed by atoms with Crippen molar-refractivity contribution in [1.29, 1.82) is 0 Å². The maximum atomic E-state index is 16.6. The monoisotopic (exact) mass is 546 g/mol. The summed E-state index contributed by atoms with van der Waals surface area (Å²) < 4.78 is 38.9. The number of halogens is 2. The van der Waals surface area contributed by atoms with Gasteiger partial charge in [-0.3, -0.25) is 4.90 Å². The second-order valence-electron chi connectivity index (χ2n) is 12.6. The lowest BCUT2D eigenvalue weighted by atomic mass is 9.94. The van der Waals surface area contributed by atoms with Gasteiger partial charge in [0.2, 0.25) is 0 Å². The Bertz CT molecular complexity index is 1470. The van der Waals surface area contributed by atoms with E-state index in [0.29, 0.717) is 47.1 Å². The van der Waals surface area contributed by atoms with E-state index in [1.807, 2.05) is 12.1 Å². The number of hydrogen-bond acceptors (Lipinski definition) is 7. The fourth-order valence-corrected chi connectivity index (χ4v) is 7.88. The van der Waals surface area contributed by atoms with Gasteiger partial charge >= 0.3 is 6.01 Å². The number of nitrogens with zero attached hydrogens (tertiary/aromatic N) is 4. The molecule has 3 aromatic rings. The Morgan fingerprint density at radius 2 is 1.75 bits per heavy atom. The Balaban J connectivity index is 1.25. The van der Waals surface area contributed by atoms with Crippen molar-refractivity contribution in [3.05, 3.63) is 41.5 Å². The molecule has 1 aromatic heterocycles. The molecule has 2 bridgehead atoms. The van der Waals surface area contributed by atoms with Crippen LogP contribution in [0.25, 0.3) is 22.0 Å². The Labute approximate surface area is 233 Å². The zero-order valence-corrected chi connectivity index (χ0v) is 22.8. The van der Waals surface area contributed by atoms with Crippen LogP contribution in [0.15, 0.2) is 24.3 Å². The number of nitrogens with two attached hydrogens (primary N) is 1. The quantitative estimate of drug-likeness (QED) is 0.422. The molecule has 3 N–H and O–H groups in total. The molecule has 0 amide bonds. The van der Waals surface area contributed by atoms with E-state index >= 15 is 8.78 Å². The maximum Gasteiger partial charge on any atom is 0.319 e. The minimum atomic E-state index is -0.671. The van der Waals surface area contributed by atoms with Gasteiger partial charge in [-0.15, -0.1) is 0 Å². The first kappa shape index (κ1) is 24.7. The lowest BCUT2D eigenvalue weighted by molar-refractivity contribution is 0.108. The SMILES string of the molecule is Nc1ccc(C2CC2)c(-c2c(F)cc3c(N4CC5CCC(C4)N5)nc(OCC45CCCN4CCC5)nc3c2F)c1. The van der Waals surface area contributed by atoms with Crippen molar-refractivity contribution in [2.45, 2.75) is 74.9 Å². The zero-order chi connectivity index (χ0) is 27.0. The fourth-order valence-electron chi connectivity index (χ4n) is 7.88. The second-order valence-corrected chi connectivity index (χ2v) is 12.6. The van der Waals surface area contributed by atoms with Crippen molar-refractivity contribution in [2.24, 2.45) is 0 Å². The summed E-state index contributed by atoms with van der Waals surface area (Å²) in [5.41, 5.74) is 8.12. The molecule has 4 aliphatic heterocycles. The van der Waals surface area contributed by atoms with Crippen molar-refractivity contribution in [3.8, 4) is 17.1 Å². The topological polar surface area (TPSA) is 79.5 Å². The molecule has 9 heteroatoms. The molecule has 5 aliphatic rings. The third-order valence-electron chi connectivity index (χ3n) is 10.0. The Hall–Kier alpha value is -3.04. The predicted octanol–water partition coefficient (Wildman–Crippen LogP) is 4.98. The maximum absolute atomic E-state index is 16.6. The number of aromatic nitrogens is 2. The Morgan fingerprint density at radius 3 is 2.48 bits per heavy atom. The highest BCUT2D eigenvalue weighted by molar-refractivity contribution is 5.94. The molecule has 40 heavy (non-hydrogen) atoms. The minimum Gasteiger partial charge on any atom is -0.461 e. The molecule has 210 valence electrons. The molecule has 4 saturated heterocycles. The van der Waals surface area contributed by atoms with Crippen LogP contribution in [0, 0.1) is 11.6 Å². The number of rotatable bonds is 6. The Morgan fingerprint density at radius 1 is 1.00 bits per heavy atom. The van der Waals surface area contributed by atoms with E-state index in [4.69, 9.17) is 15.5 Å². The Kier molecular flexibility index (Phi) is 5.71. The van der Waals surface area contributed by atoms with E-state index < -0.39 is 11.6 Å². The summed E-state index contributed by atoms with van der Waals surface area (Å²) in [5.74, 6) is -0.414. The molecule has 2 atom stereocenters. The van der Waals surface area contributed by atoms with Crippen LogP contribution in [-0.4, -0.2) is 65.3 Å². The van der Waals surface area contributed by atoms with Gasteiger partial charge in [0.1, 0.15) is 23.8 Å². The summed E-state index contributed by atoms with van der Waals surface area (Å²) in [6.07, 6.45) is 8.74. The molecular formula is C31H36F2N6O. The van der Waals surface area contributed by atoms with E-state index in [2.05, 4.69) is 20.1 Å². The molecule has 1 saturated carbocycles. The van der Waals surface area contributed by atoms with Gasteiger partial charge in [-0.25, -0.2) is 8.78 Å². The predicted molar refractivity (Wildman–Crippen MR) is 152 cm³/mol. The van der Waals surface area contributed by atoms with E-state index in [-0.39, 0.29) is 22.6 Å². The molecule has 7 nitrogen and oxygen atoms in total. The number of ether oxygens (including phenoxy) is 1. The van der Waals surface area contributed by atoms with Crippen LogP contribution in [0.2, 0.25) is 0 Å². The van der Waals surface area contributed by atoms with Gasteiger partial charge < -0.3 is 20.7 Å². The van der Waals surface area contributed by atoms with Crippen LogP contribution >= 0.6 is 0 Å². The van der Waals surface area contributed by atoms with Crippen LogP contribution in [-0.2, 0) is 0 Å². The third-order valence-corrected chi connectivity index (χ3v) is 10.0. The molecule has 2 unspecified atom stereocenters. The number of nitrogen functional groups attached to an aromatic ring is 1. The van der Waals surface area contributed by atoms with Crippen LogP contribution in [0.4, 0.5) is 20.3 Å². The van der Waals surface area contributed by atoms with Gasteiger partial charge in [0, 0.05) is 36.2 Å². The largest absolute Gasteiger partial charge is 0.461 e. The zero-order valence-electron chi connectivity index (χ0n) is 22.8. The van der Waals surface area contributed by atoms with Gasteiger partial charge in [0.25, 0.3) is 0 Å². The average Bonchev–Trinajstić information content (AvgIpc) is 3.46. The molecule has 5 fully saturated rings. The lowest BCUT2D eigenvalue weighted by Gasteiger charge is -2.35. The number of benzene rings is 2. The van der Waals surface area contributed by atoms with E-state index in [0.717, 1.165) is 83.1 Å². The molecule has 0 spiro atoms. The molecule has 0 radical (unpaired) electrons. The smallest absolute Gasteiger partial charge is 0.319 e. The van der Waals surface area contributed by atoms with Crippen LogP contribution in [0.3, 0.4) is 0 Å². The summed E-state index contributed by atoms with van der Waals surface area (Å²) >= 11 is 0. The normalized spacial score (nSPS) is 25.6. The first-order valence-electron chi connectivity index (χ1n) is 15.0. The number of anilines is 2. The third kappa shape index (κ3) is 4.04. The van der Waals surface area contributed by atoms with Gasteiger partial charge in [0.15, 0.2) is 5.82 Å². The van der Waals surface area contributed by atoms with E-state index in [1.165, 1.54) is 6.07 Å². The van der Waals surface area contributed by atoms with Crippen LogP contribution in [0.5, 0.6) is 6.01 Å². The standard InChI is InChI=1S/C31H36F2N6O/c32-25-14-24-28(27(33)26(25)23-13-19(34)5-8-22(23)18-3-4-18)36-30(40-17-31-9-1-11-39(31)12-2-10-31)37-29(24)38-15-20-6-7-21(16-38)35-20/h5,8,13-14,18,20-21,35H,1-4,6-7,9-12,15-17,34H2. The molecule has 1 aliphatic carbocycles. The molecule has 5 heterocycles. The van der Waals surface area contributed by atoms with Crippen molar-refractivity contribution in [3.63, 3.8) is 0 Å². The first-order chi connectivity index (χ1) is 19.5. The molecule has 8 rings (SSSR count). The van der Waals surface area contributed by atoms with Gasteiger partial charge in [-0.2, -0.15) is 9.97 Å². The van der Waals surface area contributed by atoms with Crippen molar-refractivity contribution in [2.75, 3.05) is 43.4 Å².